The van der Waals surface area contributed by atoms with Crippen molar-refractivity contribution >= 4 is 23.2 Å². The minimum Gasteiger partial charge on any atom is -0.392 e. The molecule has 1 rings (SSSR count). The fraction of sp³-hybridized carbons (Fsp3) is 0.500. The van der Waals surface area contributed by atoms with Crippen molar-refractivity contribution < 1.29 is 5.11 Å². The maximum Gasteiger partial charge on any atom is 0.0687 e. The maximum atomic E-state index is 9.60. The van der Waals surface area contributed by atoms with Gasteiger partial charge in [-0.2, -0.15) is 0 Å². The lowest BCUT2D eigenvalue weighted by molar-refractivity contribution is 0.123. The Morgan fingerprint density at radius 2 is 2.00 bits per heavy atom. The van der Waals surface area contributed by atoms with E-state index in [0.29, 0.717) is 23.1 Å². The van der Waals surface area contributed by atoms with Crippen molar-refractivity contribution in [3.8, 4) is 0 Å². The summed E-state index contributed by atoms with van der Waals surface area (Å²) in [6.07, 6.45) is -0.328. The summed E-state index contributed by atoms with van der Waals surface area (Å²) >= 11 is 11.8. The smallest absolute Gasteiger partial charge is 0.0687 e. The fourth-order valence-electron chi connectivity index (χ4n) is 1.26. The average Bonchev–Trinajstić information content (AvgIpc) is 2.20. The number of aliphatic hydroxyl groups is 1. The van der Waals surface area contributed by atoms with Crippen LogP contribution in [0.25, 0.3) is 0 Å². The van der Waals surface area contributed by atoms with Crippen LogP contribution in [0.2, 0.25) is 10.0 Å². The van der Waals surface area contributed by atoms with Crippen LogP contribution in [0.3, 0.4) is 0 Å². The van der Waals surface area contributed by atoms with E-state index in [-0.39, 0.29) is 12.0 Å². The average molecular weight is 262 g/mol. The zero-order valence-corrected chi connectivity index (χ0v) is 11.0. The van der Waals surface area contributed by atoms with Crippen LogP contribution in [0.15, 0.2) is 18.2 Å². The minimum absolute atomic E-state index is 0.258. The van der Waals surface area contributed by atoms with Gasteiger partial charge in [0.15, 0.2) is 0 Å². The van der Waals surface area contributed by atoms with Crippen molar-refractivity contribution in [2.45, 2.75) is 26.5 Å². The van der Waals surface area contributed by atoms with Crippen LogP contribution in [-0.2, 0) is 6.54 Å². The highest BCUT2D eigenvalue weighted by atomic mass is 35.5. The molecule has 0 radical (unpaired) electrons. The number of hydrogen-bond donors (Lipinski definition) is 2. The van der Waals surface area contributed by atoms with Gasteiger partial charge in [-0.3, -0.25) is 0 Å². The lowest BCUT2D eigenvalue weighted by Crippen LogP contribution is -2.30. The van der Waals surface area contributed by atoms with E-state index in [2.05, 4.69) is 5.32 Å². The monoisotopic (exact) mass is 261 g/mol. The van der Waals surface area contributed by atoms with Crippen LogP contribution in [-0.4, -0.2) is 17.8 Å². The molecule has 1 aromatic carbocycles. The van der Waals surface area contributed by atoms with Gasteiger partial charge in [-0.25, -0.2) is 0 Å². The first kappa shape index (κ1) is 13.8. The van der Waals surface area contributed by atoms with Crippen LogP contribution in [0.1, 0.15) is 19.4 Å². The Bertz CT molecular complexity index is 342. The largest absolute Gasteiger partial charge is 0.392 e. The summed E-state index contributed by atoms with van der Waals surface area (Å²) in [5.41, 5.74) is 0.988. The van der Waals surface area contributed by atoms with Crippen LogP contribution in [0.5, 0.6) is 0 Å². The normalized spacial score (nSPS) is 13.1. The van der Waals surface area contributed by atoms with E-state index in [9.17, 15) is 5.11 Å². The Morgan fingerprint density at radius 3 is 2.56 bits per heavy atom. The number of aliphatic hydroxyl groups excluding tert-OH is 1. The van der Waals surface area contributed by atoms with Crippen LogP contribution >= 0.6 is 23.2 Å². The third-order valence-electron chi connectivity index (χ3n) is 2.45. The fourth-order valence-corrected chi connectivity index (χ4v) is 1.73. The van der Waals surface area contributed by atoms with Gasteiger partial charge in [0.25, 0.3) is 0 Å². The molecule has 0 aliphatic carbocycles. The molecule has 0 saturated carbocycles. The van der Waals surface area contributed by atoms with Gasteiger partial charge in [0.2, 0.25) is 0 Å². The highest BCUT2D eigenvalue weighted by Gasteiger charge is 2.08. The zero-order chi connectivity index (χ0) is 12.1. The van der Waals surface area contributed by atoms with E-state index < -0.39 is 0 Å². The van der Waals surface area contributed by atoms with Gasteiger partial charge in [-0.1, -0.05) is 43.1 Å². The summed E-state index contributed by atoms with van der Waals surface area (Å²) in [7, 11) is 0. The van der Waals surface area contributed by atoms with E-state index in [4.69, 9.17) is 23.2 Å². The van der Waals surface area contributed by atoms with Crippen molar-refractivity contribution in [1.82, 2.24) is 5.32 Å². The standard InChI is InChI=1S/C12H17Cl2NO/c1-8(2)12(16)7-15-6-9-3-4-10(13)5-11(9)14/h3-5,8,12,15-16H,6-7H2,1-2H3. The summed E-state index contributed by atoms with van der Waals surface area (Å²) in [5.74, 6) is 0.258. The maximum absolute atomic E-state index is 9.60. The van der Waals surface area contributed by atoms with Gasteiger partial charge in [0.05, 0.1) is 6.10 Å². The number of nitrogens with one attached hydrogen (secondary N) is 1. The van der Waals surface area contributed by atoms with E-state index in [1.54, 1.807) is 6.07 Å². The molecule has 0 spiro atoms. The lowest BCUT2D eigenvalue weighted by atomic mass is 10.1. The second-order valence-electron chi connectivity index (χ2n) is 4.18. The van der Waals surface area contributed by atoms with Crippen molar-refractivity contribution in [3.05, 3.63) is 33.8 Å². The molecular formula is C12H17Cl2NO. The summed E-state index contributed by atoms with van der Waals surface area (Å²) in [5, 5.41) is 14.1. The highest BCUT2D eigenvalue weighted by Crippen LogP contribution is 2.20. The SMILES string of the molecule is CC(C)C(O)CNCc1ccc(Cl)cc1Cl. The summed E-state index contributed by atoms with van der Waals surface area (Å²) in [6, 6.07) is 5.42. The molecule has 0 bridgehead atoms. The van der Waals surface area contributed by atoms with Crippen molar-refractivity contribution in [2.24, 2.45) is 5.92 Å². The highest BCUT2D eigenvalue weighted by molar-refractivity contribution is 6.35. The Hall–Kier alpha value is -0.280. The van der Waals surface area contributed by atoms with Crippen molar-refractivity contribution in [3.63, 3.8) is 0 Å². The van der Waals surface area contributed by atoms with Gasteiger partial charge < -0.3 is 10.4 Å². The van der Waals surface area contributed by atoms with Crippen molar-refractivity contribution in [2.75, 3.05) is 6.54 Å². The molecule has 1 atom stereocenters. The topological polar surface area (TPSA) is 32.3 Å². The minimum atomic E-state index is -0.328. The molecule has 0 aliphatic heterocycles. The first-order chi connectivity index (χ1) is 7.50. The lowest BCUT2D eigenvalue weighted by Gasteiger charge is -2.15. The number of halogens is 2. The number of rotatable bonds is 5. The second-order valence-corrected chi connectivity index (χ2v) is 5.02. The van der Waals surface area contributed by atoms with Gasteiger partial charge in [0.1, 0.15) is 0 Å². The van der Waals surface area contributed by atoms with E-state index in [1.165, 1.54) is 0 Å². The van der Waals surface area contributed by atoms with Crippen LogP contribution in [0, 0.1) is 5.92 Å². The molecule has 2 N–H and O–H groups in total. The number of benzene rings is 1. The number of hydrogen-bond acceptors (Lipinski definition) is 2. The van der Waals surface area contributed by atoms with Gasteiger partial charge in [-0.05, 0) is 23.6 Å². The molecule has 0 fully saturated rings. The Kier molecular flexibility index (Phi) is 5.56. The van der Waals surface area contributed by atoms with Crippen LogP contribution in [0.4, 0.5) is 0 Å². The summed E-state index contributed by atoms with van der Waals surface area (Å²) in [4.78, 5) is 0. The third-order valence-corrected chi connectivity index (χ3v) is 3.04. The predicted octanol–water partition coefficient (Wildman–Crippen LogP) is 3.10. The molecule has 0 heterocycles. The molecule has 0 aliphatic rings. The van der Waals surface area contributed by atoms with E-state index in [0.717, 1.165) is 5.56 Å². The molecule has 90 valence electrons. The quantitative estimate of drug-likeness (QED) is 0.854. The molecular weight excluding hydrogens is 245 g/mol. The molecule has 1 aromatic rings. The van der Waals surface area contributed by atoms with Crippen LogP contribution < -0.4 is 5.32 Å². The Morgan fingerprint density at radius 1 is 1.31 bits per heavy atom. The predicted molar refractivity (Wildman–Crippen MR) is 69.0 cm³/mol. The summed E-state index contributed by atoms with van der Waals surface area (Å²) < 4.78 is 0. The molecule has 16 heavy (non-hydrogen) atoms. The molecule has 0 saturated heterocycles. The first-order valence-electron chi connectivity index (χ1n) is 5.33. The van der Waals surface area contributed by atoms with E-state index in [1.807, 2.05) is 26.0 Å². The van der Waals surface area contributed by atoms with Crippen molar-refractivity contribution in [1.29, 1.82) is 0 Å². The molecule has 0 aromatic heterocycles. The van der Waals surface area contributed by atoms with Gasteiger partial charge in [0, 0.05) is 23.1 Å². The van der Waals surface area contributed by atoms with Gasteiger partial charge in [-0.15, -0.1) is 0 Å². The van der Waals surface area contributed by atoms with Gasteiger partial charge >= 0.3 is 0 Å². The Labute approximate surface area is 107 Å². The molecule has 1 unspecified atom stereocenters. The zero-order valence-electron chi connectivity index (χ0n) is 9.50. The first-order valence-corrected chi connectivity index (χ1v) is 6.09. The van der Waals surface area contributed by atoms with E-state index >= 15 is 0 Å². The molecule has 0 amide bonds. The second kappa shape index (κ2) is 6.45. The molecule has 4 heteroatoms. The Balaban J connectivity index is 2.43. The third kappa shape index (κ3) is 4.30. The summed E-state index contributed by atoms with van der Waals surface area (Å²) in [6.45, 7) is 5.18. The molecule has 2 nitrogen and oxygen atoms in total.